The van der Waals surface area contributed by atoms with Crippen molar-refractivity contribution in [2.24, 2.45) is 0 Å². The number of esters is 1. The standard InChI is InChI=1S/C25H28N2O3S2/c1-2-30-25(29)24-26-19-14-16-27(17-23(19)32-24)15-8-4-7-11-20(28)22-13-12-21(31-22)18-9-5-3-6-10-18/h3,5-6,9-10,12-13H,2,4,7-8,11,14-17H2,1H3. The summed E-state index contributed by atoms with van der Waals surface area (Å²) in [5.41, 5.74) is 2.21. The van der Waals surface area contributed by atoms with Crippen LogP contribution in [-0.2, 0) is 17.7 Å². The van der Waals surface area contributed by atoms with Gasteiger partial charge in [-0.1, -0.05) is 36.8 Å². The maximum Gasteiger partial charge on any atom is 0.367 e. The predicted octanol–water partition coefficient (Wildman–Crippen LogP) is 5.85. The molecule has 0 fully saturated rings. The van der Waals surface area contributed by atoms with Gasteiger partial charge in [-0.2, -0.15) is 0 Å². The highest BCUT2D eigenvalue weighted by Crippen LogP contribution is 2.29. The first kappa shape index (κ1) is 22.8. The smallest absolute Gasteiger partial charge is 0.367 e. The van der Waals surface area contributed by atoms with Crippen LogP contribution in [0.1, 0.15) is 62.7 Å². The number of nitrogens with zero attached hydrogens (tertiary/aromatic N) is 2. The quantitative estimate of drug-likeness (QED) is 0.212. The van der Waals surface area contributed by atoms with Crippen LogP contribution in [-0.4, -0.2) is 41.3 Å². The monoisotopic (exact) mass is 468 g/mol. The topological polar surface area (TPSA) is 59.5 Å². The van der Waals surface area contributed by atoms with Gasteiger partial charge in [0.25, 0.3) is 0 Å². The number of ether oxygens (including phenoxy) is 1. The van der Waals surface area contributed by atoms with E-state index in [1.807, 2.05) is 37.3 Å². The largest absolute Gasteiger partial charge is 0.461 e. The van der Waals surface area contributed by atoms with E-state index in [1.54, 1.807) is 11.3 Å². The van der Waals surface area contributed by atoms with Crippen LogP contribution in [0.2, 0.25) is 0 Å². The molecule has 0 amide bonds. The van der Waals surface area contributed by atoms with Crippen LogP contribution < -0.4 is 0 Å². The van der Waals surface area contributed by atoms with Gasteiger partial charge in [-0.05, 0) is 44.0 Å². The van der Waals surface area contributed by atoms with Gasteiger partial charge in [0, 0.05) is 35.7 Å². The van der Waals surface area contributed by atoms with Gasteiger partial charge in [0.15, 0.2) is 5.78 Å². The normalized spacial score (nSPS) is 13.7. The molecule has 0 radical (unpaired) electrons. The summed E-state index contributed by atoms with van der Waals surface area (Å²) in [5, 5.41) is 0.473. The zero-order valence-electron chi connectivity index (χ0n) is 18.3. The van der Waals surface area contributed by atoms with Crippen LogP contribution in [0.3, 0.4) is 0 Å². The number of carbonyl (C=O) groups excluding carboxylic acids is 2. The molecule has 0 saturated heterocycles. The minimum atomic E-state index is -0.315. The SMILES string of the molecule is CCOC(=O)c1nc2c(s1)CN(CCCCCC(=O)c1ccc(-c3ccccc3)s1)CC2. The van der Waals surface area contributed by atoms with Crippen LogP contribution in [0.4, 0.5) is 0 Å². The second-order valence-corrected chi connectivity index (χ2v) is 10.1. The van der Waals surface area contributed by atoms with Crippen molar-refractivity contribution in [2.45, 2.75) is 45.6 Å². The Bertz CT molecular complexity index is 1060. The average molecular weight is 469 g/mol. The number of fused-ring (bicyclic) bond motifs is 1. The van der Waals surface area contributed by atoms with Crippen molar-refractivity contribution in [2.75, 3.05) is 19.7 Å². The number of hydrogen-bond donors (Lipinski definition) is 0. The molecule has 0 atom stereocenters. The third-order valence-electron chi connectivity index (χ3n) is 5.58. The lowest BCUT2D eigenvalue weighted by Gasteiger charge is -2.25. The van der Waals surface area contributed by atoms with Crippen molar-refractivity contribution < 1.29 is 14.3 Å². The minimum absolute atomic E-state index is 0.246. The number of ketones is 1. The molecular weight excluding hydrogens is 440 g/mol. The maximum absolute atomic E-state index is 12.6. The van der Waals surface area contributed by atoms with E-state index < -0.39 is 0 Å². The maximum atomic E-state index is 12.6. The summed E-state index contributed by atoms with van der Waals surface area (Å²) in [6.45, 7) is 5.01. The summed E-state index contributed by atoms with van der Waals surface area (Å²) in [6, 6.07) is 14.2. The first-order valence-corrected chi connectivity index (χ1v) is 12.8. The Hall–Kier alpha value is -2.35. The molecule has 0 bridgehead atoms. The summed E-state index contributed by atoms with van der Waals surface area (Å²) in [7, 11) is 0. The van der Waals surface area contributed by atoms with E-state index >= 15 is 0 Å². The number of hydrogen-bond acceptors (Lipinski definition) is 7. The number of thiazole rings is 1. The molecule has 0 saturated carbocycles. The fourth-order valence-corrected chi connectivity index (χ4v) is 5.91. The summed E-state index contributed by atoms with van der Waals surface area (Å²) >= 11 is 3.05. The van der Waals surface area contributed by atoms with Gasteiger partial charge in [0.05, 0.1) is 17.2 Å². The third kappa shape index (κ3) is 5.71. The highest BCUT2D eigenvalue weighted by Gasteiger charge is 2.23. The Kier molecular flexibility index (Phi) is 7.84. The molecule has 2 aromatic heterocycles. The van der Waals surface area contributed by atoms with Crippen molar-refractivity contribution in [1.29, 1.82) is 0 Å². The van der Waals surface area contributed by atoms with Crippen molar-refractivity contribution in [1.82, 2.24) is 9.88 Å². The Morgan fingerprint density at radius 1 is 1.06 bits per heavy atom. The molecule has 3 aromatic rings. The molecule has 7 heteroatoms. The minimum Gasteiger partial charge on any atom is -0.461 e. The molecule has 0 N–H and O–H groups in total. The average Bonchev–Trinajstić information content (AvgIpc) is 3.47. The van der Waals surface area contributed by atoms with Crippen molar-refractivity contribution >= 4 is 34.4 Å². The second-order valence-electron chi connectivity index (χ2n) is 7.90. The first-order valence-electron chi connectivity index (χ1n) is 11.2. The highest BCUT2D eigenvalue weighted by molar-refractivity contribution is 7.17. The van der Waals surface area contributed by atoms with Crippen molar-refractivity contribution in [3.63, 3.8) is 0 Å². The molecular formula is C25H28N2O3S2. The fraction of sp³-hybridized carbons (Fsp3) is 0.400. The van der Waals surface area contributed by atoms with Gasteiger partial charge < -0.3 is 4.74 Å². The number of thiophene rings is 1. The zero-order chi connectivity index (χ0) is 22.3. The number of rotatable bonds is 10. The molecule has 0 unspecified atom stereocenters. The number of aromatic nitrogens is 1. The van der Waals surface area contributed by atoms with Gasteiger partial charge in [-0.15, -0.1) is 22.7 Å². The van der Waals surface area contributed by atoms with E-state index in [2.05, 4.69) is 22.0 Å². The van der Waals surface area contributed by atoms with Crippen LogP contribution in [0.5, 0.6) is 0 Å². The van der Waals surface area contributed by atoms with Gasteiger partial charge in [-0.25, -0.2) is 9.78 Å². The first-order chi connectivity index (χ1) is 15.6. The lowest BCUT2D eigenvalue weighted by atomic mass is 10.1. The summed E-state index contributed by atoms with van der Waals surface area (Å²) in [4.78, 5) is 34.5. The van der Waals surface area contributed by atoms with E-state index in [1.165, 1.54) is 16.2 Å². The Labute approximate surface area is 197 Å². The molecule has 0 aliphatic carbocycles. The summed E-state index contributed by atoms with van der Waals surface area (Å²) in [6.07, 6.45) is 4.53. The molecule has 0 spiro atoms. The van der Waals surface area contributed by atoms with Crippen LogP contribution in [0.15, 0.2) is 42.5 Å². The molecule has 1 aliphatic rings. The predicted molar refractivity (Wildman–Crippen MR) is 130 cm³/mol. The number of Topliss-reactive ketones (excluding diaryl/α,β-unsaturated/α-hetero) is 1. The van der Waals surface area contributed by atoms with Gasteiger partial charge >= 0.3 is 5.97 Å². The molecule has 168 valence electrons. The van der Waals surface area contributed by atoms with E-state index in [0.717, 1.165) is 66.3 Å². The van der Waals surface area contributed by atoms with Gasteiger partial charge in [-0.3, -0.25) is 9.69 Å². The molecule has 3 heterocycles. The Morgan fingerprint density at radius 2 is 1.91 bits per heavy atom. The summed E-state index contributed by atoms with van der Waals surface area (Å²) < 4.78 is 5.07. The number of carbonyl (C=O) groups is 2. The van der Waals surface area contributed by atoms with Gasteiger partial charge in [0.1, 0.15) is 0 Å². The highest BCUT2D eigenvalue weighted by atomic mass is 32.1. The van der Waals surface area contributed by atoms with E-state index in [-0.39, 0.29) is 11.8 Å². The van der Waals surface area contributed by atoms with Crippen LogP contribution in [0.25, 0.3) is 10.4 Å². The molecule has 4 rings (SSSR count). The molecule has 1 aliphatic heterocycles. The van der Waals surface area contributed by atoms with E-state index in [4.69, 9.17) is 4.74 Å². The number of benzene rings is 1. The lowest BCUT2D eigenvalue weighted by molar-refractivity contribution is 0.0525. The summed E-state index contributed by atoms with van der Waals surface area (Å²) in [5.74, 6) is -0.0688. The number of unbranched alkanes of at least 4 members (excludes halogenated alkanes) is 2. The third-order valence-corrected chi connectivity index (χ3v) is 7.82. The molecule has 5 nitrogen and oxygen atoms in total. The fourth-order valence-electron chi connectivity index (χ4n) is 3.89. The molecule has 1 aromatic carbocycles. The van der Waals surface area contributed by atoms with Crippen LogP contribution >= 0.6 is 22.7 Å². The van der Waals surface area contributed by atoms with Crippen molar-refractivity contribution in [3.8, 4) is 10.4 Å². The van der Waals surface area contributed by atoms with Gasteiger partial charge in [0.2, 0.25) is 5.01 Å². The van der Waals surface area contributed by atoms with Crippen molar-refractivity contribution in [3.05, 3.63) is 62.9 Å². The Morgan fingerprint density at radius 3 is 2.72 bits per heavy atom. The van der Waals surface area contributed by atoms with Crippen LogP contribution in [0, 0.1) is 0 Å². The lowest BCUT2D eigenvalue weighted by Crippen LogP contribution is -2.30. The second kappa shape index (κ2) is 11.0. The van der Waals surface area contributed by atoms with E-state index in [0.29, 0.717) is 18.0 Å². The Balaban J connectivity index is 1.18. The molecule has 32 heavy (non-hydrogen) atoms. The zero-order valence-corrected chi connectivity index (χ0v) is 20.0. The van der Waals surface area contributed by atoms with E-state index in [9.17, 15) is 9.59 Å².